The van der Waals surface area contributed by atoms with E-state index in [0.29, 0.717) is 12.1 Å². The molecule has 1 aromatic carbocycles. The zero-order chi connectivity index (χ0) is 16.8. The van der Waals surface area contributed by atoms with Gasteiger partial charge in [0.15, 0.2) is 0 Å². The fourth-order valence-corrected chi connectivity index (χ4v) is 2.94. The maximum Gasteiger partial charge on any atom is 0.341 e. The van der Waals surface area contributed by atoms with Gasteiger partial charge in [0.25, 0.3) is 0 Å². The van der Waals surface area contributed by atoms with Crippen LogP contribution in [-0.4, -0.2) is 18.0 Å². The third-order valence-corrected chi connectivity index (χ3v) is 4.48. The van der Waals surface area contributed by atoms with Crippen LogP contribution in [0.4, 0.5) is 0 Å². The third kappa shape index (κ3) is 4.44. The van der Waals surface area contributed by atoms with Crippen molar-refractivity contribution in [1.29, 1.82) is 0 Å². The zero-order valence-electron chi connectivity index (χ0n) is 14.9. The fraction of sp³-hybridized carbons (Fsp3) is 0.550. The minimum atomic E-state index is -0.183. The molecule has 0 atom stereocenters. The monoisotopic (exact) mass is 315 g/mol. The predicted octanol–water partition coefficient (Wildman–Crippen LogP) is 4.81. The zero-order valence-corrected chi connectivity index (χ0v) is 14.9. The van der Waals surface area contributed by atoms with Crippen LogP contribution < -0.4 is 5.63 Å². The Morgan fingerprint density at radius 2 is 1.70 bits per heavy atom. The third-order valence-electron chi connectivity index (χ3n) is 4.48. The molecule has 2 aromatic rings. The number of nitrogens with zero attached hydrogens (tertiary/aromatic N) is 1. The Bertz CT molecular complexity index is 695. The van der Waals surface area contributed by atoms with Crippen molar-refractivity contribution in [1.82, 2.24) is 4.90 Å². The summed E-state index contributed by atoms with van der Waals surface area (Å²) < 4.78 is 5.56. The summed E-state index contributed by atoms with van der Waals surface area (Å²) >= 11 is 0. The second-order valence-corrected chi connectivity index (χ2v) is 6.48. The molecule has 0 unspecified atom stereocenters. The van der Waals surface area contributed by atoms with Gasteiger partial charge in [0.1, 0.15) is 5.58 Å². The summed E-state index contributed by atoms with van der Waals surface area (Å²) in [7, 11) is 0. The molecule has 2 rings (SSSR count). The van der Waals surface area contributed by atoms with Crippen LogP contribution in [0.2, 0.25) is 0 Å². The average molecular weight is 315 g/mol. The first kappa shape index (κ1) is 17.7. The molecule has 0 bridgehead atoms. The molecule has 0 saturated carbocycles. The molecule has 0 spiro atoms. The first-order chi connectivity index (χ1) is 11.1. The summed E-state index contributed by atoms with van der Waals surface area (Å²) in [5.41, 5.74) is 3.58. The lowest BCUT2D eigenvalue weighted by Gasteiger charge is -2.22. The van der Waals surface area contributed by atoms with Crippen LogP contribution in [0.3, 0.4) is 0 Å². The van der Waals surface area contributed by atoms with E-state index in [-0.39, 0.29) is 5.63 Å². The number of fused-ring (bicyclic) bond motifs is 1. The van der Waals surface area contributed by atoms with Crippen LogP contribution in [0.5, 0.6) is 0 Å². The molecule has 1 aromatic heterocycles. The molecule has 0 radical (unpaired) electrons. The van der Waals surface area contributed by atoms with Crippen molar-refractivity contribution in [3.8, 4) is 0 Å². The Kier molecular flexibility index (Phi) is 6.40. The fourth-order valence-electron chi connectivity index (χ4n) is 2.94. The molecule has 0 aliphatic heterocycles. The van der Waals surface area contributed by atoms with E-state index in [2.05, 4.69) is 31.7 Å². The largest absolute Gasteiger partial charge is 0.422 e. The van der Waals surface area contributed by atoms with Crippen molar-refractivity contribution >= 4 is 11.0 Å². The molecule has 0 amide bonds. The van der Waals surface area contributed by atoms with Gasteiger partial charge in [-0.05, 0) is 57.5 Å². The highest BCUT2D eigenvalue weighted by molar-refractivity contribution is 5.81. The molecular formula is C20H29NO2. The highest BCUT2D eigenvalue weighted by Crippen LogP contribution is 2.21. The van der Waals surface area contributed by atoms with E-state index in [4.69, 9.17) is 4.42 Å². The van der Waals surface area contributed by atoms with Crippen LogP contribution in [0, 0.1) is 13.8 Å². The number of unbranched alkanes of at least 4 members (excludes halogenated alkanes) is 2. The highest BCUT2D eigenvalue weighted by atomic mass is 16.4. The van der Waals surface area contributed by atoms with Gasteiger partial charge in [-0.3, -0.25) is 4.90 Å². The highest BCUT2D eigenvalue weighted by Gasteiger charge is 2.15. The van der Waals surface area contributed by atoms with Crippen LogP contribution in [0.25, 0.3) is 11.0 Å². The number of benzene rings is 1. The number of aryl methyl sites for hydroxylation is 2. The van der Waals surface area contributed by atoms with E-state index < -0.39 is 0 Å². The van der Waals surface area contributed by atoms with Gasteiger partial charge in [-0.15, -0.1) is 0 Å². The minimum absolute atomic E-state index is 0.183. The standard InChI is InChI=1S/C20H29NO2/c1-5-7-11-21(12-8-6-2)14-18-16(4)17-13-15(3)9-10-19(17)23-20(18)22/h9-10,13H,5-8,11-12,14H2,1-4H3. The number of hydrogen-bond acceptors (Lipinski definition) is 3. The molecule has 126 valence electrons. The molecule has 0 fully saturated rings. The molecular weight excluding hydrogens is 286 g/mol. The molecule has 0 saturated heterocycles. The predicted molar refractivity (Wildman–Crippen MR) is 97.1 cm³/mol. The average Bonchev–Trinajstić information content (AvgIpc) is 2.54. The van der Waals surface area contributed by atoms with Gasteiger partial charge in [0.2, 0.25) is 0 Å². The molecule has 23 heavy (non-hydrogen) atoms. The number of hydrogen-bond donors (Lipinski definition) is 0. The topological polar surface area (TPSA) is 33.5 Å². The number of rotatable bonds is 8. The molecule has 3 nitrogen and oxygen atoms in total. The van der Waals surface area contributed by atoms with E-state index >= 15 is 0 Å². The Morgan fingerprint density at radius 1 is 1.04 bits per heavy atom. The van der Waals surface area contributed by atoms with Crippen molar-refractivity contribution in [3.05, 3.63) is 45.3 Å². The van der Waals surface area contributed by atoms with E-state index in [0.717, 1.165) is 29.6 Å². The van der Waals surface area contributed by atoms with E-state index in [1.54, 1.807) is 0 Å². The van der Waals surface area contributed by atoms with Crippen molar-refractivity contribution in [2.75, 3.05) is 13.1 Å². The smallest absolute Gasteiger partial charge is 0.341 e. The lowest BCUT2D eigenvalue weighted by atomic mass is 10.0. The maximum atomic E-state index is 12.4. The Labute approximate surface area is 139 Å². The summed E-state index contributed by atoms with van der Waals surface area (Å²) in [5.74, 6) is 0. The summed E-state index contributed by atoms with van der Waals surface area (Å²) in [6, 6.07) is 5.99. The second kappa shape index (κ2) is 8.30. The molecule has 0 aliphatic rings. The minimum Gasteiger partial charge on any atom is -0.422 e. The Balaban J connectivity index is 2.34. The van der Waals surface area contributed by atoms with Gasteiger partial charge in [-0.1, -0.05) is 38.3 Å². The van der Waals surface area contributed by atoms with Gasteiger partial charge in [0, 0.05) is 11.9 Å². The molecule has 0 N–H and O–H groups in total. The summed E-state index contributed by atoms with van der Waals surface area (Å²) in [6.07, 6.45) is 4.68. The van der Waals surface area contributed by atoms with Gasteiger partial charge < -0.3 is 4.42 Å². The first-order valence-corrected chi connectivity index (χ1v) is 8.82. The first-order valence-electron chi connectivity index (χ1n) is 8.82. The van der Waals surface area contributed by atoms with E-state index in [1.165, 1.54) is 31.2 Å². The lowest BCUT2D eigenvalue weighted by molar-refractivity contribution is 0.253. The van der Waals surface area contributed by atoms with Crippen molar-refractivity contribution < 1.29 is 4.42 Å². The summed E-state index contributed by atoms with van der Waals surface area (Å²) in [4.78, 5) is 14.8. The van der Waals surface area contributed by atoms with E-state index in [1.807, 2.05) is 19.1 Å². The van der Waals surface area contributed by atoms with Crippen LogP contribution >= 0.6 is 0 Å². The van der Waals surface area contributed by atoms with E-state index in [9.17, 15) is 4.79 Å². The Hall–Kier alpha value is -1.61. The van der Waals surface area contributed by atoms with Crippen LogP contribution in [-0.2, 0) is 6.54 Å². The maximum absolute atomic E-state index is 12.4. The van der Waals surface area contributed by atoms with Crippen molar-refractivity contribution in [3.63, 3.8) is 0 Å². The molecule has 3 heteroatoms. The van der Waals surface area contributed by atoms with Gasteiger partial charge in [-0.25, -0.2) is 4.79 Å². The summed E-state index contributed by atoms with van der Waals surface area (Å²) in [6.45, 7) is 11.3. The van der Waals surface area contributed by atoms with Gasteiger partial charge in [-0.2, -0.15) is 0 Å². The van der Waals surface area contributed by atoms with Crippen LogP contribution in [0.15, 0.2) is 27.4 Å². The van der Waals surface area contributed by atoms with Gasteiger partial charge in [0.05, 0.1) is 5.56 Å². The van der Waals surface area contributed by atoms with Crippen molar-refractivity contribution in [2.24, 2.45) is 0 Å². The second-order valence-electron chi connectivity index (χ2n) is 6.48. The lowest BCUT2D eigenvalue weighted by Crippen LogP contribution is -2.29. The summed E-state index contributed by atoms with van der Waals surface area (Å²) in [5, 5.41) is 1.06. The normalized spacial score (nSPS) is 11.5. The van der Waals surface area contributed by atoms with Crippen molar-refractivity contribution in [2.45, 2.75) is 59.9 Å². The SMILES string of the molecule is CCCCN(CCCC)Cc1c(C)c2cc(C)ccc2oc1=O. The molecule has 0 aliphatic carbocycles. The quantitative estimate of drug-likeness (QED) is 0.655. The van der Waals surface area contributed by atoms with Crippen LogP contribution in [0.1, 0.15) is 56.2 Å². The molecule has 1 heterocycles. The van der Waals surface area contributed by atoms with Gasteiger partial charge >= 0.3 is 5.63 Å². The Morgan fingerprint density at radius 3 is 2.30 bits per heavy atom.